The number of benzene rings is 1. The van der Waals surface area contributed by atoms with Gasteiger partial charge in [-0.1, -0.05) is 6.92 Å². The van der Waals surface area contributed by atoms with Gasteiger partial charge in [-0.25, -0.2) is 4.79 Å². The second-order valence-corrected chi connectivity index (χ2v) is 10.6. The molecule has 2 amide bonds. The molecule has 0 unspecified atom stereocenters. The van der Waals surface area contributed by atoms with Crippen molar-refractivity contribution in [1.29, 1.82) is 5.26 Å². The van der Waals surface area contributed by atoms with E-state index in [1.165, 1.54) is 34.9 Å². The van der Waals surface area contributed by atoms with Crippen LogP contribution in [0.15, 0.2) is 40.8 Å². The van der Waals surface area contributed by atoms with Gasteiger partial charge in [0.25, 0.3) is 0 Å². The third-order valence-corrected chi connectivity index (χ3v) is 7.63. The summed E-state index contributed by atoms with van der Waals surface area (Å²) in [6.45, 7) is 5.35. The van der Waals surface area contributed by atoms with Crippen LogP contribution in [-0.4, -0.2) is 28.1 Å². The highest BCUT2D eigenvalue weighted by Gasteiger charge is 2.25. The molecule has 0 radical (unpaired) electrons. The van der Waals surface area contributed by atoms with E-state index in [0.717, 1.165) is 35.8 Å². The first-order chi connectivity index (χ1) is 15.7. The van der Waals surface area contributed by atoms with Gasteiger partial charge in [0, 0.05) is 27.1 Å². The van der Waals surface area contributed by atoms with Crippen molar-refractivity contribution in [3.63, 3.8) is 0 Å². The number of amides is 2. The van der Waals surface area contributed by atoms with E-state index in [1.54, 1.807) is 31.2 Å². The zero-order valence-electron chi connectivity index (χ0n) is 18.6. The summed E-state index contributed by atoms with van der Waals surface area (Å²) in [5.74, 6) is -1.26. The molecule has 33 heavy (non-hydrogen) atoms. The van der Waals surface area contributed by atoms with Gasteiger partial charge in [0.1, 0.15) is 11.1 Å². The molecule has 3 N–H and O–H groups in total. The summed E-state index contributed by atoms with van der Waals surface area (Å²) in [6, 6.07) is 9.22. The number of nitrogens with zero attached hydrogens (tertiary/aromatic N) is 1. The zero-order chi connectivity index (χ0) is 24.1. The lowest BCUT2D eigenvalue weighted by molar-refractivity contribution is -0.132. The average Bonchev–Trinajstić information content (AvgIpc) is 3.10. The minimum atomic E-state index is -1.15. The lowest BCUT2D eigenvalue weighted by atomic mass is 9.89. The van der Waals surface area contributed by atoms with Gasteiger partial charge in [-0.3, -0.25) is 9.59 Å². The summed E-state index contributed by atoms with van der Waals surface area (Å²) in [5, 5.41) is 24.2. The second kappa shape index (κ2) is 10.7. The SMILES string of the molecule is C/C(=C\C(=O)Nc1ccc(S[C@@H](C)C(=O)Nc2sc3c(c2C#N)CC[C@H](C)C3)cc1)C(=O)O. The number of thioether (sulfide) groups is 1. The molecule has 2 atom stereocenters. The first-order valence-electron chi connectivity index (χ1n) is 10.5. The highest BCUT2D eigenvalue weighted by atomic mass is 32.2. The van der Waals surface area contributed by atoms with Crippen LogP contribution in [0.1, 0.15) is 43.2 Å². The fourth-order valence-corrected chi connectivity index (χ4v) is 5.71. The van der Waals surface area contributed by atoms with Gasteiger partial charge in [0.15, 0.2) is 0 Å². The molecular weight excluding hydrogens is 458 g/mol. The molecule has 0 bridgehead atoms. The van der Waals surface area contributed by atoms with Crippen LogP contribution in [-0.2, 0) is 27.2 Å². The lowest BCUT2D eigenvalue weighted by Gasteiger charge is -2.17. The van der Waals surface area contributed by atoms with E-state index in [2.05, 4.69) is 23.6 Å². The molecule has 0 saturated heterocycles. The summed E-state index contributed by atoms with van der Waals surface area (Å²) in [5.41, 5.74) is 2.15. The quantitative estimate of drug-likeness (QED) is 0.383. The zero-order valence-corrected chi connectivity index (χ0v) is 20.2. The fourth-order valence-electron chi connectivity index (χ4n) is 3.48. The number of hydrogen-bond acceptors (Lipinski definition) is 6. The van der Waals surface area contributed by atoms with Crippen molar-refractivity contribution >= 4 is 51.6 Å². The van der Waals surface area contributed by atoms with Crippen LogP contribution >= 0.6 is 23.1 Å². The maximum atomic E-state index is 12.8. The van der Waals surface area contributed by atoms with Crippen LogP contribution in [0.25, 0.3) is 0 Å². The Hall–Kier alpha value is -3.09. The number of carbonyl (C=O) groups is 3. The van der Waals surface area contributed by atoms with Gasteiger partial charge in [0.2, 0.25) is 11.8 Å². The smallest absolute Gasteiger partial charge is 0.331 e. The van der Waals surface area contributed by atoms with E-state index in [9.17, 15) is 19.6 Å². The van der Waals surface area contributed by atoms with Crippen molar-refractivity contribution < 1.29 is 19.5 Å². The molecule has 1 heterocycles. The Balaban J connectivity index is 1.60. The molecule has 3 rings (SSSR count). The van der Waals surface area contributed by atoms with E-state index in [0.29, 0.717) is 22.2 Å². The predicted molar refractivity (Wildman–Crippen MR) is 131 cm³/mol. The van der Waals surface area contributed by atoms with Gasteiger partial charge in [-0.2, -0.15) is 5.26 Å². The Kier molecular flexibility index (Phi) is 7.95. The Morgan fingerprint density at radius 3 is 2.61 bits per heavy atom. The Morgan fingerprint density at radius 2 is 1.97 bits per heavy atom. The van der Waals surface area contributed by atoms with E-state index in [1.807, 2.05) is 0 Å². The topological polar surface area (TPSA) is 119 Å². The third-order valence-electron chi connectivity index (χ3n) is 5.35. The number of carboxylic acids is 1. The number of carboxylic acid groups (broad SMARTS) is 1. The van der Waals surface area contributed by atoms with Crippen LogP contribution < -0.4 is 10.6 Å². The maximum Gasteiger partial charge on any atom is 0.331 e. The molecule has 172 valence electrons. The Morgan fingerprint density at radius 1 is 1.27 bits per heavy atom. The number of carbonyl (C=O) groups excluding carboxylic acids is 2. The number of nitrogens with one attached hydrogen (secondary N) is 2. The van der Waals surface area contributed by atoms with Crippen LogP contribution in [0.4, 0.5) is 10.7 Å². The molecule has 7 nitrogen and oxygen atoms in total. The number of anilines is 2. The van der Waals surface area contributed by atoms with Crippen LogP contribution in [0.5, 0.6) is 0 Å². The largest absolute Gasteiger partial charge is 0.478 e. The highest BCUT2D eigenvalue weighted by molar-refractivity contribution is 8.00. The fraction of sp³-hybridized carbons (Fsp3) is 0.333. The minimum absolute atomic E-state index is 0.0554. The summed E-state index contributed by atoms with van der Waals surface area (Å²) in [7, 11) is 0. The first kappa shape index (κ1) is 24.6. The van der Waals surface area contributed by atoms with Crippen molar-refractivity contribution in [2.45, 2.75) is 50.2 Å². The van der Waals surface area contributed by atoms with Crippen LogP contribution in [0.2, 0.25) is 0 Å². The number of hydrogen-bond donors (Lipinski definition) is 3. The van der Waals surface area contributed by atoms with Gasteiger partial charge in [-0.05, 0) is 68.9 Å². The highest BCUT2D eigenvalue weighted by Crippen LogP contribution is 2.39. The molecule has 0 spiro atoms. The van der Waals surface area contributed by atoms with Crippen molar-refractivity contribution in [2.24, 2.45) is 5.92 Å². The summed E-state index contributed by atoms with van der Waals surface area (Å²) in [6.07, 6.45) is 3.91. The van der Waals surface area contributed by atoms with Crippen LogP contribution in [0, 0.1) is 17.2 Å². The molecule has 1 aromatic heterocycles. The molecule has 9 heteroatoms. The Labute approximate surface area is 200 Å². The number of fused-ring (bicyclic) bond motifs is 1. The number of rotatable bonds is 7. The summed E-state index contributed by atoms with van der Waals surface area (Å²) >= 11 is 2.88. The molecule has 0 saturated carbocycles. The Bertz CT molecular complexity index is 1150. The molecule has 1 aliphatic carbocycles. The monoisotopic (exact) mass is 483 g/mol. The number of thiophene rings is 1. The molecule has 2 aromatic rings. The lowest BCUT2D eigenvalue weighted by Crippen LogP contribution is -2.22. The van der Waals surface area contributed by atoms with E-state index in [4.69, 9.17) is 5.11 Å². The molecule has 1 aromatic carbocycles. The van der Waals surface area contributed by atoms with E-state index >= 15 is 0 Å². The molecule has 1 aliphatic rings. The number of nitriles is 1. The number of aliphatic carboxylic acids is 1. The van der Waals surface area contributed by atoms with Gasteiger partial charge < -0.3 is 15.7 Å². The van der Waals surface area contributed by atoms with E-state index < -0.39 is 17.1 Å². The normalized spacial score (nSPS) is 16.3. The summed E-state index contributed by atoms with van der Waals surface area (Å²) < 4.78 is 0. The van der Waals surface area contributed by atoms with Gasteiger partial charge in [-0.15, -0.1) is 23.1 Å². The first-order valence-corrected chi connectivity index (χ1v) is 12.2. The standard InChI is InChI=1S/C24H25N3O4S2/c1-13-4-9-18-19(12-25)23(33-20(18)10-13)27-22(29)15(3)32-17-7-5-16(6-8-17)26-21(28)11-14(2)24(30)31/h5-8,11,13,15H,4,9-10H2,1-3H3,(H,26,28)(H,27,29)(H,30,31)/b14-11+/t13-,15-/m0/s1. The van der Waals surface area contributed by atoms with Gasteiger partial charge >= 0.3 is 5.97 Å². The molecular formula is C24H25N3O4S2. The average molecular weight is 484 g/mol. The van der Waals surface area contributed by atoms with Crippen LogP contribution in [0.3, 0.4) is 0 Å². The minimum Gasteiger partial charge on any atom is -0.478 e. The van der Waals surface area contributed by atoms with Crippen molar-refractivity contribution in [1.82, 2.24) is 0 Å². The molecule has 0 fully saturated rings. The van der Waals surface area contributed by atoms with Crippen molar-refractivity contribution in [3.05, 3.63) is 51.9 Å². The van der Waals surface area contributed by atoms with Crippen molar-refractivity contribution in [3.8, 4) is 6.07 Å². The third kappa shape index (κ3) is 6.24. The van der Waals surface area contributed by atoms with Gasteiger partial charge in [0.05, 0.1) is 10.8 Å². The van der Waals surface area contributed by atoms with Crippen molar-refractivity contribution in [2.75, 3.05) is 10.6 Å². The predicted octanol–water partition coefficient (Wildman–Crippen LogP) is 4.83. The second-order valence-electron chi connectivity index (χ2n) is 8.06. The van der Waals surface area contributed by atoms with E-state index in [-0.39, 0.29) is 11.5 Å². The maximum absolute atomic E-state index is 12.8. The molecule has 0 aliphatic heterocycles. The summed E-state index contributed by atoms with van der Waals surface area (Å²) in [4.78, 5) is 37.5.